The number of benzene rings is 2. The maximum absolute atomic E-state index is 12.1. The molecule has 0 spiro atoms. The first-order valence-electron chi connectivity index (χ1n) is 7.87. The van der Waals surface area contributed by atoms with Crippen molar-refractivity contribution in [1.29, 1.82) is 0 Å². The Kier molecular flexibility index (Phi) is 5.47. The molecule has 0 unspecified atom stereocenters. The van der Waals surface area contributed by atoms with Crippen molar-refractivity contribution >= 4 is 29.2 Å². The number of carbonyl (C=O) groups is 1. The Morgan fingerprint density at radius 2 is 1.80 bits per heavy atom. The molecule has 0 aliphatic heterocycles. The topological polar surface area (TPSA) is 39.4 Å². The molecule has 0 saturated carbocycles. The minimum absolute atomic E-state index is 0.0482. The summed E-state index contributed by atoms with van der Waals surface area (Å²) in [6.45, 7) is 2.11. The molecule has 0 bridgehead atoms. The summed E-state index contributed by atoms with van der Waals surface area (Å²) in [7, 11) is 0. The van der Waals surface area contributed by atoms with E-state index < -0.39 is 0 Å². The zero-order valence-corrected chi connectivity index (χ0v) is 15.1. The molecule has 0 N–H and O–H groups in total. The van der Waals surface area contributed by atoms with E-state index in [1.54, 1.807) is 36.4 Å². The molecule has 0 saturated heterocycles. The van der Waals surface area contributed by atoms with Crippen LogP contribution in [0.15, 0.2) is 59.0 Å². The molecule has 0 fully saturated rings. The monoisotopic (exact) mass is 374 g/mol. The van der Waals surface area contributed by atoms with Gasteiger partial charge in [0.1, 0.15) is 18.1 Å². The smallest absolute Gasteiger partial charge is 0.338 e. The third-order valence-corrected chi connectivity index (χ3v) is 4.64. The van der Waals surface area contributed by atoms with E-state index >= 15 is 0 Å². The Labute approximate surface area is 156 Å². The highest BCUT2D eigenvalue weighted by Crippen LogP contribution is 2.34. The maximum atomic E-state index is 12.1. The second-order valence-corrected chi connectivity index (χ2v) is 6.28. The van der Waals surface area contributed by atoms with Crippen molar-refractivity contribution in [3.63, 3.8) is 0 Å². The van der Waals surface area contributed by atoms with Gasteiger partial charge in [-0.1, -0.05) is 48.3 Å². The third-order valence-electron chi connectivity index (χ3n) is 3.82. The largest absolute Gasteiger partial charge is 0.457 e. The van der Waals surface area contributed by atoms with Crippen LogP contribution >= 0.6 is 23.2 Å². The van der Waals surface area contributed by atoms with E-state index in [1.807, 2.05) is 18.2 Å². The van der Waals surface area contributed by atoms with Crippen molar-refractivity contribution in [2.75, 3.05) is 0 Å². The van der Waals surface area contributed by atoms with Gasteiger partial charge in [0.2, 0.25) is 0 Å². The fourth-order valence-electron chi connectivity index (χ4n) is 2.39. The molecule has 3 nitrogen and oxygen atoms in total. The first-order chi connectivity index (χ1) is 12.1. The van der Waals surface area contributed by atoms with Crippen molar-refractivity contribution in [1.82, 2.24) is 0 Å². The Hall–Kier alpha value is -2.23. The molecule has 1 heterocycles. The van der Waals surface area contributed by atoms with Crippen molar-refractivity contribution < 1.29 is 13.9 Å². The summed E-state index contributed by atoms with van der Waals surface area (Å²) in [4.78, 5) is 12.1. The van der Waals surface area contributed by atoms with Gasteiger partial charge in [-0.15, -0.1) is 0 Å². The van der Waals surface area contributed by atoms with E-state index in [4.69, 9.17) is 32.4 Å². The van der Waals surface area contributed by atoms with Gasteiger partial charge in [-0.3, -0.25) is 0 Å². The van der Waals surface area contributed by atoms with Crippen LogP contribution in [-0.4, -0.2) is 5.97 Å². The Bertz CT molecular complexity index is 882. The molecular formula is C20H16Cl2O3. The van der Waals surface area contributed by atoms with Gasteiger partial charge in [-0.2, -0.15) is 0 Å². The standard InChI is InChI=1S/C20H16Cl2O3/c1-2-13-6-8-14(9-7-13)20(23)24-12-15-10-11-18(25-15)16-4-3-5-17(21)19(16)22/h3-11H,2,12H2,1H3. The number of carbonyl (C=O) groups excluding carboxylic acids is 1. The van der Waals surface area contributed by atoms with Crippen molar-refractivity contribution in [3.8, 4) is 11.3 Å². The van der Waals surface area contributed by atoms with Gasteiger partial charge in [-0.05, 0) is 48.4 Å². The van der Waals surface area contributed by atoms with Gasteiger partial charge in [0.25, 0.3) is 0 Å². The highest BCUT2D eigenvalue weighted by Gasteiger charge is 2.13. The normalized spacial score (nSPS) is 10.7. The fourth-order valence-corrected chi connectivity index (χ4v) is 2.78. The van der Waals surface area contributed by atoms with E-state index in [0.29, 0.717) is 32.7 Å². The lowest BCUT2D eigenvalue weighted by Gasteiger charge is -2.05. The molecule has 128 valence electrons. The Balaban J connectivity index is 1.67. The van der Waals surface area contributed by atoms with Crippen LogP contribution in [0, 0.1) is 0 Å². The van der Waals surface area contributed by atoms with Gasteiger partial charge >= 0.3 is 5.97 Å². The summed E-state index contributed by atoms with van der Waals surface area (Å²) in [5, 5.41) is 0.886. The predicted octanol–water partition coefficient (Wildman–Crippen LogP) is 6.17. The van der Waals surface area contributed by atoms with E-state index in [0.717, 1.165) is 6.42 Å². The molecular weight excluding hydrogens is 359 g/mol. The van der Waals surface area contributed by atoms with Crippen LogP contribution in [0.1, 0.15) is 28.6 Å². The molecule has 0 aliphatic rings. The van der Waals surface area contributed by atoms with E-state index in [2.05, 4.69) is 6.92 Å². The van der Waals surface area contributed by atoms with Gasteiger partial charge in [-0.25, -0.2) is 4.79 Å². The number of aryl methyl sites for hydroxylation is 1. The Morgan fingerprint density at radius 3 is 2.52 bits per heavy atom. The molecule has 25 heavy (non-hydrogen) atoms. The molecule has 3 rings (SSSR count). The number of furan rings is 1. The minimum Gasteiger partial charge on any atom is -0.457 e. The highest BCUT2D eigenvalue weighted by molar-refractivity contribution is 6.43. The molecule has 0 atom stereocenters. The first-order valence-corrected chi connectivity index (χ1v) is 8.63. The van der Waals surface area contributed by atoms with E-state index in [-0.39, 0.29) is 12.6 Å². The average Bonchev–Trinajstić information content (AvgIpc) is 3.11. The van der Waals surface area contributed by atoms with Gasteiger partial charge < -0.3 is 9.15 Å². The molecule has 0 aliphatic carbocycles. The summed E-state index contributed by atoms with van der Waals surface area (Å²) in [5.41, 5.74) is 2.38. The van der Waals surface area contributed by atoms with Crippen LogP contribution in [0.4, 0.5) is 0 Å². The first kappa shape index (κ1) is 17.6. The lowest BCUT2D eigenvalue weighted by Crippen LogP contribution is -2.04. The lowest BCUT2D eigenvalue weighted by atomic mass is 10.1. The minimum atomic E-state index is -0.388. The van der Waals surface area contributed by atoms with Crippen LogP contribution in [0.5, 0.6) is 0 Å². The van der Waals surface area contributed by atoms with Crippen LogP contribution in [-0.2, 0) is 17.8 Å². The quantitative estimate of drug-likeness (QED) is 0.501. The average molecular weight is 375 g/mol. The lowest BCUT2D eigenvalue weighted by molar-refractivity contribution is 0.0446. The van der Waals surface area contributed by atoms with Gasteiger partial charge in [0.15, 0.2) is 0 Å². The molecule has 2 aromatic carbocycles. The highest BCUT2D eigenvalue weighted by atomic mass is 35.5. The van der Waals surface area contributed by atoms with Crippen molar-refractivity contribution in [3.05, 3.63) is 81.5 Å². The summed E-state index contributed by atoms with van der Waals surface area (Å²) in [6, 6.07) is 16.2. The third kappa shape index (κ3) is 4.06. The van der Waals surface area contributed by atoms with Crippen molar-refractivity contribution in [2.45, 2.75) is 20.0 Å². The van der Waals surface area contributed by atoms with Crippen LogP contribution in [0.2, 0.25) is 10.0 Å². The molecule has 0 amide bonds. The number of esters is 1. The molecule has 5 heteroatoms. The molecule has 3 aromatic rings. The Morgan fingerprint density at radius 1 is 1.04 bits per heavy atom. The fraction of sp³-hybridized carbons (Fsp3) is 0.150. The summed E-state index contributed by atoms with van der Waals surface area (Å²) < 4.78 is 11.0. The van der Waals surface area contributed by atoms with Gasteiger partial charge in [0.05, 0.1) is 15.6 Å². The van der Waals surface area contributed by atoms with Crippen molar-refractivity contribution in [2.24, 2.45) is 0 Å². The second-order valence-electron chi connectivity index (χ2n) is 5.49. The van der Waals surface area contributed by atoms with Crippen LogP contribution in [0.25, 0.3) is 11.3 Å². The number of hydrogen-bond acceptors (Lipinski definition) is 3. The SMILES string of the molecule is CCc1ccc(C(=O)OCc2ccc(-c3cccc(Cl)c3Cl)o2)cc1. The van der Waals surface area contributed by atoms with E-state index in [1.165, 1.54) is 5.56 Å². The van der Waals surface area contributed by atoms with E-state index in [9.17, 15) is 4.79 Å². The van der Waals surface area contributed by atoms with Gasteiger partial charge in [0, 0.05) is 5.56 Å². The number of halogens is 2. The predicted molar refractivity (Wildman–Crippen MR) is 99.1 cm³/mol. The summed E-state index contributed by atoms with van der Waals surface area (Å²) in [5.74, 6) is 0.719. The maximum Gasteiger partial charge on any atom is 0.338 e. The molecule has 1 aromatic heterocycles. The van der Waals surface area contributed by atoms with Crippen LogP contribution in [0.3, 0.4) is 0 Å². The summed E-state index contributed by atoms with van der Waals surface area (Å²) >= 11 is 12.2. The zero-order chi connectivity index (χ0) is 17.8. The second kappa shape index (κ2) is 7.77. The number of rotatable bonds is 5. The zero-order valence-electron chi connectivity index (χ0n) is 13.6. The number of ether oxygens (including phenoxy) is 1. The molecule has 0 radical (unpaired) electrons. The van der Waals surface area contributed by atoms with Crippen LogP contribution < -0.4 is 0 Å². The summed E-state index contributed by atoms with van der Waals surface area (Å²) in [6.07, 6.45) is 0.927. The number of hydrogen-bond donors (Lipinski definition) is 0.